The van der Waals surface area contributed by atoms with Crippen molar-refractivity contribution in [1.82, 2.24) is 14.8 Å². The number of imide groups is 1. The van der Waals surface area contributed by atoms with E-state index in [0.717, 1.165) is 35.1 Å². The highest BCUT2D eigenvalue weighted by Gasteiger charge is 2.37. The Hall–Kier alpha value is -2.15. The molecule has 0 unspecified atom stereocenters. The molecule has 114 valence electrons. The summed E-state index contributed by atoms with van der Waals surface area (Å²) in [6.45, 7) is 1.25. The molecule has 0 saturated carbocycles. The summed E-state index contributed by atoms with van der Waals surface area (Å²) in [4.78, 5) is 43.4. The zero-order valence-corrected chi connectivity index (χ0v) is 12.7. The van der Waals surface area contributed by atoms with E-state index in [2.05, 4.69) is 4.98 Å². The van der Waals surface area contributed by atoms with Crippen molar-refractivity contribution in [2.24, 2.45) is 0 Å². The van der Waals surface area contributed by atoms with Gasteiger partial charge in [0.15, 0.2) is 0 Å². The molecule has 3 heterocycles. The molecule has 0 aliphatic carbocycles. The fourth-order valence-electron chi connectivity index (χ4n) is 2.45. The number of nitrogens with zero attached hydrogens (tertiary/aromatic N) is 3. The summed E-state index contributed by atoms with van der Waals surface area (Å²) in [7, 11) is 0. The average Bonchev–Trinajstić information content (AvgIpc) is 3.13. The Balaban J connectivity index is 1.71. The topological polar surface area (TPSA) is 70.6 Å². The van der Waals surface area contributed by atoms with E-state index in [1.54, 1.807) is 35.5 Å². The molecule has 22 heavy (non-hydrogen) atoms. The molecule has 1 aromatic heterocycles. The fourth-order valence-corrected chi connectivity index (χ4v) is 3.29. The normalized spacial score (nSPS) is 20.3. The van der Waals surface area contributed by atoms with Crippen LogP contribution in [-0.4, -0.2) is 51.5 Å². The maximum absolute atomic E-state index is 12.3. The van der Waals surface area contributed by atoms with Crippen molar-refractivity contribution in [1.29, 1.82) is 0 Å². The fraction of sp³-hybridized carbons (Fsp3) is 0.333. The van der Waals surface area contributed by atoms with E-state index in [1.807, 2.05) is 0 Å². The molecule has 2 fully saturated rings. The van der Waals surface area contributed by atoms with Crippen LogP contribution in [0.4, 0.5) is 4.79 Å². The van der Waals surface area contributed by atoms with Crippen molar-refractivity contribution in [3.63, 3.8) is 0 Å². The summed E-state index contributed by atoms with van der Waals surface area (Å²) in [6, 6.07) is 3.56. The maximum atomic E-state index is 12.3. The largest absolute Gasteiger partial charge is 0.341 e. The minimum absolute atomic E-state index is 0.164. The van der Waals surface area contributed by atoms with E-state index >= 15 is 0 Å². The Morgan fingerprint density at radius 3 is 2.77 bits per heavy atom. The van der Waals surface area contributed by atoms with Gasteiger partial charge in [-0.05, 0) is 42.3 Å². The second-order valence-electron chi connectivity index (χ2n) is 5.14. The maximum Gasteiger partial charge on any atom is 0.294 e. The molecule has 1 aromatic rings. The molecule has 0 aromatic carbocycles. The molecule has 7 heteroatoms. The second-order valence-corrected chi connectivity index (χ2v) is 6.14. The smallest absolute Gasteiger partial charge is 0.294 e. The van der Waals surface area contributed by atoms with Crippen LogP contribution in [0.3, 0.4) is 0 Å². The Morgan fingerprint density at radius 1 is 1.32 bits per heavy atom. The highest BCUT2D eigenvalue weighted by atomic mass is 32.2. The number of carbonyl (C=O) groups excluding carboxylic acids is 3. The molecule has 3 rings (SSSR count). The number of thioether (sulfide) groups is 1. The summed E-state index contributed by atoms with van der Waals surface area (Å²) >= 11 is 0.861. The average molecular weight is 317 g/mol. The summed E-state index contributed by atoms with van der Waals surface area (Å²) < 4.78 is 0. The number of pyridine rings is 1. The van der Waals surface area contributed by atoms with Crippen LogP contribution >= 0.6 is 11.8 Å². The van der Waals surface area contributed by atoms with Crippen molar-refractivity contribution < 1.29 is 14.4 Å². The SMILES string of the molecule is O=C(CN1C(=O)S/C(=C/c2cccnc2)C1=O)N1CCCC1. The number of likely N-dealkylation sites (tertiary alicyclic amines) is 1. The molecule has 0 N–H and O–H groups in total. The van der Waals surface area contributed by atoms with Crippen molar-refractivity contribution >= 4 is 34.9 Å². The first kappa shape index (κ1) is 14.8. The van der Waals surface area contributed by atoms with E-state index in [9.17, 15) is 14.4 Å². The lowest BCUT2D eigenvalue weighted by Gasteiger charge is -2.18. The van der Waals surface area contributed by atoms with Crippen LogP contribution in [-0.2, 0) is 9.59 Å². The molecule has 0 bridgehead atoms. The van der Waals surface area contributed by atoms with Gasteiger partial charge in [0.25, 0.3) is 11.1 Å². The summed E-state index contributed by atoms with van der Waals surface area (Å²) in [5.41, 5.74) is 0.749. The standard InChI is InChI=1S/C15H15N3O3S/c19-13(17-6-1-2-7-17)10-18-14(20)12(22-15(18)21)8-11-4-3-5-16-9-11/h3-5,8-9H,1-2,6-7,10H2/b12-8+. The number of hydrogen-bond acceptors (Lipinski definition) is 5. The van der Waals surface area contributed by atoms with E-state index in [0.29, 0.717) is 18.0 Å². The highest BCUT2D eigenvalue weighted by molar-refractivity contribution is 8.18. The van der Waals surface area contributed by atoms with Gasteiger partial charge in [-0.25, -0.2) is 0 Å². The molecule has 2 saturated heterocycles. The van der Waals surface area contributed by atoms with Gasteiger partial charge in [0.05, 0.1) is 4.91 Å². The first-order chi connectivity index (χ1) is 10.6. The van der Waals surface area contributed by atoms with Gasteiger partial charge in [0.2, 0.25) is 5.91 Å². The summed E-state index contributed by atoms with van der Waals surface area (Å²) in [5.74, 6) is -0.575. The highest BCUT2D eigenvalue weighted by Crippen LogP contribution is 2.32. The molecular weight excluding hydrogens is 302 g/mol. The van der Waals surface area contributed by atoms with Crippen LogP contribution in [0.25, 0.3) is 6.08 Å². The van der Waals surface area contributed by atoms with E-state index in [4.69, 9.17) is 0 Å². The summed E-state index contributed by atoms with van der Waals surface area (Å²) in [5, 5.41) is -0.396. The molecule has 3 amide bonds. The lowest BCUT2D eigenvalue weighted by atomic mass is 10.2. The van der Waals surface area contributed by atoms with Crippen LogP contribution in [0.5, 0.6) is 0 Å². The minimum Gasteiger partial charge on any atom is -0.341 e. The Kier molecular flexibility index (Phi) is 4.24. The van der Waals surface area contributed by atoms with Crippen LogP contribution in [0.2, 0.25) is 0 Å². The van der Waals surface area contributed by atoms with Gasteiger partial charge in [0, 0.05) is 25.5 Å². The van der Waals surface area contributed by atoms with Gasteiger partial charge < -0.3 is 4.90 Å². The molecule has 6 nitrogen and oxygen atoms in total. The summed E-state index contributed by atoms with van der Waals surface area (Å²) in [6.07, 6.45) is 6.84. The number of hydrogen-bond donors (Lipinski definition) is 0. The van der Waals surface area contributed by atoms with Crippen LogP contribution in [0.1, 0.15) is 18.4 Å². The van der Waals surface area contributed by atoms with Crippen LogP contribution in [0, 0.1) is 0 Å². The lowest BCUT2D eigenvalue weighted by molar-refractivity contribution is -0.135. The van der Waals surface area contributed by atoms with Crippen molar-refractivity contribution in [2.45, 2.75) is 12.8 Å². The Morgan fingerprint density at radius 2 is 2.09 bits per heavy atom. The molecule has 2 aliphatic rings. The lowest BCUT2D eigenvalue weighted by Crippen LogP contribution is -2.40. The van der Waals surface area contributed by atoms with Crippen molar-refractivity contribution in [3.8, 4) is 0 Å². The van der Waals surface area contributed by atoms with E-state index in [-0.39, 0.29) is 12.5 Å². The van der Waals surface area contributed by atoms with Gasteiger partial charge in [-0.2, -0.15) is 0 Å². The van der Waals surface area contributed by atoms with Crippen molar-refractivity contribution in [3.05, 3.63) is 35.0 Å². The first-order valence-electron chi connectivity index (χ1n) is 7.08. The third-order valence-corrected chi connectivity index (χ3v) is 4.52. The number of aromatic nitrogens is 1. The third kappa shape index (κ3) is 3.04. The zero-order valence-electron chi connectivity index (χ0n) is 11.9. The monoisotopic (exact) mass is 317 g/mol. The quantitative estimate of drug-likeness (QED) is 0.794. The van der Waals surface area contributed by atoms with Gasteiger partial charge in [-0.1, -0.05) is 6.07 Å². The third-order valence-electron chi connectivity index (χ3n) is 3.61. The minimum atomic E-state index is -0.411. The Labute approximate surface area is 132 Å². The van der Waals surface area contributed by atoms with Crippen molar-refractivity contribution in [2.75, 3.05) is 19.6 Å². The van der Waals surface area contributed by atoms with Gasteiger partial charge in [-0.15, -0.1) is 0 Å². The molecule has 0 atom stereocenters. The first-order valence-corrected chi connectivity index (χ1v) is 7.90. The molecular formula is C15H15N3O3S. The predicted octanol–water partition coefficient (Wildman–Crippen LogP) is 1.74. The van der Waals surface area contributed by atoms with Gasteiger partial charge >= 0.3 is 0 Å². The van der Waals surface area contributed by atoms with E-state index < -0.39 is 11.1 Å². The molecule has 0 radical (unpaired) electrons. The molecule has 0 spiro atoms. The van der Waals surface area contributed by atoms with Gasteiger partial charge in [0.1, 0.15) is 6.54 Å². The number of carbonyl (C=O) groups is 3. The Bertz CT molecular complexity index is 639. The van der Waals surface area contributed by atoms with Crippen LogP contribution in [0.15, 0.2) is 29.4 Å². The van der Waals surface area contributed by atoms with E-state index in [1.165, 1.54) is 0 Å². The second kappa shape index (κ2) is 6.31. The van der Waals surface area contributed by atoms with Gasteiger partial charge in [-0.3, -0.25) is 24.3 Å². The number of amides is 3. The predicted molar refractivity (Wildman–Crippen MR) is 82.7 cm³/mol. The number of rotatable bonds is 3. The van der Waals surface area contributed by atoms with Crippen LogP contribution < -0.4 is 0 Å². The molecule has 2 aliphatic heterocycles. The zero-order chi connectivity index (χ0) is 15.5.